The van der Waals surface area contributed by atoms with Crippen LogP contribution in [0.3, 0.4) is 0 Å². The Labute approximate surface area is 201 Å². The summed E-state index contributed by atoms with van der Waals surface area (Å²) in [5.74, 6) is -0.206. The minimum absolute atomic E-state index is 0.0728. The molecule has 1 aromatic heterocycles. The molecule has 4 N–H and O–H groups in total. The molecule has 0 saturated carbocycles. The molecule has 1 amide bonds. The van der Waals surface area contributed by atoms with E-state index >= 15 is 0 Å². The summed E-state index contributed by atoms with van der Waals surface area (Å²) >= 11 is 5.98. The van der Waals surface area contributed by atoms with Crippen molar-refractivity contribution in [3.63, 3.8) is 0 Å². The molecule has 0 spiro atoms. The Hall–Kier alpha value is -3.53. The Morgan fingerprint density at radius 3 is 2.76 bits per heavy atom. The van der Waals surface area contributed by atoms with Crippen molar-refractivity contribution in [2.75, 3.05) is 48.4 Å². The fourth-order valence-corrected chi connectivity index (χ4v) is 3.78. The van der Waals surface area contributed by atoms with Gasteiger partial charge in [0.1, 0.15) is 0 Å². The number of hydrogen-bond acceptors (Lipinski definition) is 7. The van der Waals surface area contributed by atoms with E-state index in [2.05, 4.69) is 20.5 Å². The molecule has 0 aliphatic carbocycles. The lowest BCUT2D eigenvalue weighted by Gasteiger charge is -2.29. The zero-order valence-electron chi connectivity index (χ0n) is 18.3. The van der Waals surface area contributed by atoms with Gasteiger partial charge in [-0.2, -0.15) is 0 Å². The zero-order chi connectivity index (χ0) is 23.9. The number of nitrogens with zero attached hydrogens (tertiary/aromatic N) is 1. The molecule has 10 heteroatoms. The summed E-state index contributed by atoms with van der Waals surface area (Å²) in [4.78, 5) is 29.6. The van der Waals surface area contributed by atoms with Gasteiger partial charge in [-0.25, -0.2) is 4.79 Å². The predicted molar refractivity (Wildman–Crippen MR) is 131 cm³/mol. The van der Waals surface area contributed by atoms with E-state index < -0.39 is 17.8 Å². The molecule has 0 unspecified atom stereocenters. The number of morpholine rings is 1. The SMILES string of the molecule is O=C(Nc1cccc(N2CCOCC2)c1)Oc1c(NC[C@@H](O)c2cccc(Cl)c2)cc[nH]c1=O. The van der Waals surface area contributed by atoms with Crippen LogP contribution in [0.1, 0.15) is 11.7 Å². The first-order valence-corrected chi connectivity index (χ1v) is 11.2. The van der Waals surface area contributed by atoms with Crippen LogP contribution in [0.4, 0.5) is 21.9 Å². The highest BCUT2D eigenvalue weighted by molar-refractivity contribution is 6.30. The highest BCUT2D eigenvalue weighted by atomic mass is 35.5. The molecule has 3 aromatic rings. The van der Waals surface area contributed by atoms with Crippen molar-refractivity contribution in [2.45, 2.75) is 6.10 Å². The third-order valence-electron chi connectivity index (χ3n) is 5.30. The average Bonchev–Trinajstić information content (AvgIpc) is 2.85. The highest BCUT2D eigenvalue weighted by Crippen LogP contribution is 2.24. The van der Waals surface area contributed by atoms with Crippen LogP contribution in [0.25, 0.3) is 0 Å². The van der Waals surface area contributed by atoms with Crippen LogP contribution in [0.15, 0.2) is 65.6 Å². The molecule has 4 rings (SSSR count). The Morgan fingerprint density at radius 2 is 1.97 bits per heavy atom. The van der Waals surface area contributed by atoms with E-state index in [9.17, 15) is 14.7 Å². The summed E-state index contributed by atoms with van der Waals surface area (Å²) in [6.07, 6.45) is -0.274. The maximum Gasteiger partial charge on any atom is 0.417 e. The van der Waals surface area contributed by atoms with Crippen LogP contribution < -0.4 is 25.8 Å². The molecular weight excluding hydrogens is 460 g/mol. The number of hydrogen-bond donors (Lipinski definition) is 4. The number of amides is 1. The molecule has 2 aromatic carbocycles. The lowest BCUT2D eigenvalue weighted by atomic mass is 10.1. The van der Waals surface area contributed by atoms with E-state index in [1.807, 2.05) is 18.2 Å². The summed E-state index contributed by atoms with van der Waals surface area (Å²) < 4.78 is 10.7. The zero-order valence-corrected chi connectivity index (χ0v) is 19.0. The number of aromatic amines is 1. The van der Waals surface area contributed by atoms with E-state index in [0.717, 1.165) is 18.8 Å². The Bertz CT molecular complexity index is 1200. The molecule has 1 aliphatic heterocycles. The summed E-state index contributed by atoms with van der Waals surface area (Å²) in [5.41, 5.74) is 1.79. The van der Waals surface area contributed by atoms with Gasteiger partial charge in [-0.05, 0) is 42.0 Å². The molecule has 0 radical (unpaired) electrons. The van der Waals surface area contributed by atoms with Crippen LogP contribution in [0.2, 0.25) is 5.02 Å². The number of carbonyl (C=O) groups is 1. The van der Waals surface area contributed by atoms with Crippen LogP contribution >= 0.6 is 11.6 Å². The molecule has 1 fully saturated rings. The van der Waals surface area contributed by atoms with E-state index in [4.69, 9.17) is 21.1 Å². The normalized spacial score (nSPS) is 14.4. The largest absolute Gasteiger partial charge is 0.417 e. The number of benzene rings is 2. The predicted octanol–water partition coefficient (Wildman–Crippen LogP) is 3.62. The van der Waals surface area contributed by atoms with Gasteiger partial charge in [-0.3, -0.25) is 10.1 Å². The molecule has 1 atom stereocenters. The van der Waals surface area contributed by atoms with E-state index in [0.29, 0.717) is 29.5 Å². The van der Waals surface area contributed by atoms with E-state index in [1.54, 1.807) is 36.4 Å². The first kappa shape index (κ1) is 23.6. The van der Waals surface area contributed by atoms with Crippen LogP contribution in [-0.2, 0) is 4.74 Å². The van der Waals surface area contributed by atoms with Gasteiger partial charge in [0.25, 0.3) is 5.56 Å². The number of carbonyl (C=O) groups excluding carboxylic acids is 1. The van der Waals surface area contributed by atoms with Gasteiger partial charge in [0.05, 0.1) is 25.0 Å². The Morgan fingerprint density at radius 1 is 1.18 bits per heavy atom. The third-order valence-corrected chi connectivity index (χ3v) is 5.53. The summed E-state index contributed by atoms with van der Waals surface area (Å²) in [5, 5.41) is 16.6. The van der Waals surface area contributed by atoms with Crippen molar-refractivity contribution in [1.29, 1.82) is 0 Å². The lowest BCUT2D eigenvalue weighted by Crippen LogP contribution is -2.36. The molecule has 178 valence electrons. The minimum atomic E-state index is -0.886. The molecule has 34 heavy (non-hydrogen) atoms. The number of H-pyrrole nitrogens is 1. The Balaban J connectivity index is 1.41. The second-order valence-electron chi connectivity index (χ2n) is 7.67. The standard InChI is InChI=1S/C24H25ClN4O5/c25-17-4-1-3-16(13-17)21(30)15-27-20-7-8-26-23(31)22(20)34-24(32)28-18-5-2-6-19(14-18)29-9-11-33-12-10-29/h1-8,13-14,21,30H,9-12,15H2,(H,28,32)(H2,26,27,31)/t21-/m1/s1. The highest BCUT2D eigenvalue weighted by Gasteiger charge is 2.17. The maximum absolute atomic E-state index is 12.6. The maximum atomic E-state index is 12.6. The van der Waals surface area contributed by atoms with Crippen molar-refractivity contribution in [2.24, 2.45) is 0 Å². The van der Waals surface area contributed by atoms with Gasteiger partial charge >= 0.3 is 6.09 Å². The molecule has 2 heterocycles. The first-order valence-electron chi connectivity index (χ1n) is 10.8. The number of rotatable bonds is 7. The van der Waals surface area contributed by atoms with Crippen LogP contribution in [-0.4, -0.2) is 49.0 Å². The van der Waals surface area contributed by atoms with Gasteiger partial charge in [-0.1, -0.05) is 29.8 Å². The van der Waals surface area contributed by atoms with E-state index in [-0.39, 0.29) is 18.0 Å². The number of aromatic nitrogens is 1. The van der Waals surface area contributed by atoms with Crippen molar-refractivity contribution in [3.8, 4) is 5.75 Å². The van der Waals surface area contributed by atoms with Crippen LogP contribution in [0, 0.1) is 0 Å². The number of aliphatic hydroxyl groups is 1. The fourth-order valence-electron chi connectivity index (χ4n) is 3.58. The number of ether oxygens (including phenoxy) is 2. The van der Waals surface area contributed by atoms with Crippen molar-refractivity contribution in [3.05, 3.63) is 81.7 Å². The second kappa shape index (κ2) is 11.1. The molecule has 0 bridgehead atoms. The Kier molecular flexibility index (Phi) is 7.69. The van der Waals surface area contributed by atoms with Crippen molar-refractivity contribution >= 4 is 34.8 Å². The van der Waals surface area contributed by atoms with Crippen molar-refractivity contribution < 1.29 is 19.4 Å². The fraction of sp³-hybridized carbons (Fsp3) is 0.250. The van der Waals surface area contributed by atoms with E-state index in [1.165, 1.54) is 6.20 Å². The van der Waals surface area contributed by atoms with Gasteiger partial charge < -0.3 is 29.8 Å². The molecular formula is C24H25ClN4O5. The minimum Gasteiger partial charge on any atom is -0.402 e. The summed E-state index contributed by atoms with van der Waals surface area (Å²) in [6, 6.07) is 15.8. The average molecular weight is 485 g/mol. The van der Waals surface area contributed by atoms with Crippen LogP contribution in [0.5, 0.6) is 5.75 Å². The first-order chi connectivity index (χ1) is 16.5. The third kappa shape index (κ3) is 6.07. The number of aliphatic hydroxyl groups excluding tert-OH is 1. The van der Waals surface area contributed by atoms with Gasteiger partial charge in [-0.15, -0.1) is 0 Å². The van der Waals surface area contributed by atoms with Gasteiger partial charge in [0.2, 0.25) is 5.75 Å². The molecule has 1 saturated heterocycles. The number of nitrogens with one attached hydrogen (secondary N) is 3. The van der Waals surface area contributed by atoms with Crippen molar-refractivity contribution in [1.82, 2.24) is 4.98 Å². The lowest BCUT2D eigenvalue weighted by molar-refractivity contribution is 0.122. The second-order valence-corrected chi connectivity index (χ2v) is 8.10. The molecule has 1 aliphatic rings. The summed E-state index contributed by atoms with van der Waals surface area (Å²) in [7, 11) is 0. The van der Waals surface area contributed by atoms with Gasteiger partial charge in [0, 0.05) is 42.2 Å². The monoisotopic (exact) mass is 484 g/mol. The number of anilines is 3. The smallest absolute Gasteiger partial charge is 0.402 e. The number of pyridine rings is 1. The quantitative estimate of drug-likeness (QED) is 0.404. The molecule has 9 nitrogen and oxygen atoms in total. The number of halogens is 1. The summed E-state index contributed by atoms with van der Waals surface area (Å²) in [6.45, 7) is 2.91. The topological polar surface area (TPSA) is 116 Å². The van der Waals surface area contributed by atoms with Gasteiger partial charge in [0.15, 0.2) is 0 Å².